The Kier molecular flexibility index (Phi) is 6.29. The largest absolute Gasteiger partial charge is 0.328 e. The van der Waals surface area contributed by atoms with E-state index in [1.165, 1.54) is 0 Å². The lowest BCUT2D eigenvalue weighted by atomic mass is 9.99. The van der Waals surface area contributed by atoms with Gasteiger partial charge in [-0.15, -0.1) is 0 Å². The number of benzene rings is 3. The minimum absolute atomic E-state index is 0.0398. The van der Waals surface area contributed by atoms with Crippen LogP contribution in [0.4, 0.5) is 5.69 Å². The van der Waals surface area contributed by atoms with Crippen molar-refractivity contribution in [3.8, 4) is 0 Å². The van der Waals surface area contributed by atoms with Crippen LogP contribution in [0, 0.1) is 0 Å². The zero-order chi connectivity index (χ0) is 18.4. The van der Waals surface area contributed by atoms with Crippen LogP contribution in [0.2, 0.25) is 10.0 Å². The molecule has 0 spiro atoms. The molecule has 0 saturated heterocycles. The van der Waals surface area contributed by atoms with Crippen LogP contribution in [0.25, 0.3) is 0 Å². The van der Waals surface area contributed by atoms with Gasteiger partial charge in [0, 0.05) is 16.1 Å². The van der Waals surface area contributed by atoms with E-state index in [1.807, 2.05) is 41.7 Å². The predicted molar refractivity (Wildman–Crippen MR) is 107 cm³/mol. The molecule has 0 heterocycles. The summed E-state index contributed by atoms with van der Waals surface area (Å²) in [5.41, 5.74) is 2.81. The summed E-state index contributed by atoms with van der Waals surface area (Å²) in [6.07, 6.45) is 0. The van der Waals surface area contributed by atoms with Gasteiger partial charge in [-0.1, -0.05) is 83.9 Å². The lowest BCUT2D eigenvalue weighted by molar-refractivity contribution is -0.676. The van der Waals surface area contributed by atoms with Crippen LogP contribution in [0.5, 0.6) is 0 Å². The third-order valence-electron chi connectivity index (χ3n) is 4.06. The first-order valence-electron chi connectivity index (χ1n) is 8.31. The summed E-state index contributed by atoms with van der Waals surface area (Å²) >= 11 is 12.1. The lowest BCUT2D eigenvalue weighted by Crippen LogP contribution is -2.87. The highest BCUT2D eigenvalue weighted by molar-refractivity contribution is 6.35. The maximum Gasteiger partial charge on any atom is 0.279 e. The highest BCUT2D eigenvalue weighted by atomic mass is 35.5. The average molecular weight is 386 g/mol. The van der Waals surface area contributed by atoms with E-state index in [0.717, 1.165) is 11.1 Å². The first-order chi connectivity index (χ1) is 12.6. The fraction of sp³-hybridized carbons (Fsp3) is 0.0952. The molecule has 3 aromatic carbocycles. The van der Waals surface area contributed by atoms with Crippen LogP contribution < -0.4 is 10.6 Å². The first-order valence-corrected chi connectivity index (χ1v) is 9.07. The normalized spacial score (nSPS) is 10.7. The summed E-state index contributed by atoms with van der Waals surface area (Å²) in [4.78, 5) is 12.4. The summed E-state index contributed by atoms with van der Waals surface area (Å²) in [5.74, 6) is -0.133. The Hall–Kier alpha value is -2.33. The molecule has 3 rings (SSSR count). The Morgan fingerprint density at radius 2 is 1.46 bits per heavy atom. The molecular formula is C21H19Cl2N2O+. The zero-order valence-electron chi connectivity index (χ0n) is 14.0. The van der Waals surface area contributed by atoms with Gasteiger partial charge in [-0.2, -0.15) is 0 Å². The summed E-state index contributed by atoms with van der Waals surface area (Å²) in [5, 5.41) is 5.83. The first kappa shape index (κ1) is 18.5. The molecule has 26 heavy (non-hydrogen) atoms. The molecule has 5 heteroatoms. The maximum absolute atomic E-state index is 12.4. The Bertz CT molecular complexity index is 830. The fourth-order valence-electron chi connectivity index (χ4n) is 2.80. The second kappa shape index (κ2) is 8.86. The van der Waals surface area contributed by atoms with Crippen molar-refractivity contribution in [1.82, 2.24) is 0 Å². The van der Waals surface area contributed by atoms with E-state index in [-0.39, 0.29) is 18.5 Å². The molecule has 0 saturated carbocycles. The van der Waals surface area contributed by atoms with Crippen molar-refractivity contribution in [1.29, 1.82) is 0 Å². The van der Waals surface area contributed by atoms with Crippen LogP contribution in [-0.2, 0) is 4.79 Å². The number of hydrogen-bond acceptors (Lipinski definition) is 1. The van der Waals surface area contributed by atoms with E-state index in [0.29, 0.717) is 15.7 Å². The van der Waals surface area contributed by atoms with Gasteiger partial charge in [-0.25, -0.2) is 0 Å². The van der Waals surface area contributed by atoms with E-state index < -0.39 is 0 Å². The quantitative estimate of drug-likeness (QED) is 0.653. The van der Waals surface area contributed by atoms with Crippen LogP contribution in [0.1, 0.15) is 17.2 Å². The van der Waals surface area contributed by atoms with Gasteiger partial charge in [0.15, 0.2) is 6.54 Å². The van der Waals surface area contributed by atoms with E-state index in [1.54, 1.807) is 18.2 Å². The van der Waals surface area contributed by atoms with Gasteiger partial charge in [0.1, 0.15) is 6.04 Å². The molecule has 0 fully saturated rings. The Morgan fingerprint density at radius 1 is 0.885 bits per heavy atom. The van der Waals surface area contributed by atoms with Crippen molar-refractivity contribution >= 4 is 34.8 Å². The van der Waals surface area contributed by atoms with E-state index in [9.17, 15) is 4.79 Å². The number of halogens is 2. The third-order valence-corrected chi connectivity index (χ3v) is 4.62. The standard InChI is InChI=1S/C21H18Cl2N2O/c22-17-11-12-18(23)19(13-17)25-20(26)14-24-21(15-7-3-1-4-8-15)16-9-5-2-6-10-16/h1-13,21,24H,14H2,(H,25,26)/p+1. The monoisotopic (exact) mass is 385 g/mol. The smallest absolute Gasteiger partial charge is 0.279 e. The fourth-order valence-corrected chi connectivity index (χ4v) is 3.14. The molecule has 3 nitrogen and oxygen atoms in total. The molecule has 0 aliphatic heterocycles. The average Bonchev–Trinajstić information content (AvgIpc) is 2.67. The molecule has 132 valence electrons. The van der Waals surface area contributed by atoms with Crippen molar-refractivity contribution < 1.29 is 10.1 Å². The molecule has 3 N–H and O–H groups in total. The summed E-state index contributed by atoms with van der Waals surface area (Å²) in [6, 6.07) is 25.3. The number of nitrogens with one attached hydrogen (secondary N) is 1. The molecule has 0 aliphatic rings. The third kappa shape index (κ3) is 4.85. The SMILES string of the molecule is O=C(C[NH2+]C(c1ccccc1)c1ccccc1)Nc1cc(Cl)ccc1Cl. The summed E-state index contributed by atoms with van der Waals surface area (Å²) in [6.45, 7) is 0.261. The van der Waals surface area contributed by atoms with E-state index in [2.05, 4.69) is 29.6 Å². The van der Waals surface area contributed by atoms with Crippen molar-refractivity contribution in [2.24, 2.45) is 0 Å². The number of rotatable bonds is 6. The second-order valence-corrected chi connectivity index (χ2v) is 6.75. The predicted octanol–water partition coefficient (Wildman–Crippen LogP) is 4.28. The number of hydrogen-bond donors (Lipinski definition) is 2. The molecule has 0 aromatic heterocycles. The van der Waals surface area contributed by atoms with Gasteiger partial charge in [-0.3, -0.25) is 4.79 Å². The van der Waals surface area contributed by atoms with Crippen LogP contribution >= 0.6 is 23.2 Å². The van der Waals surface area contributed by atoms with Gasteiger partial charge in [-0.05, 0) is 18.2 Å². The molecule has 0 unspecified atom stereocenters. The van der Waals surface area contributed by atoms with Crippen LogP contribution in [0.3, 0.4) is 0 Å². The number of carbonyl (C=O) groups is 1. The highest BCUT2D eigenvalue weighted by Crippen LogP contribution is 2.25. The molecule has 3 aromatic rings. The number of quaternary nitrogens is 1. The summed E-state index contributed by atoms with van der Waals surface area (Å²) in [7, 11) is 0. The van der Waals surface area contributed by atoms with Gasteiger partial charge in [0.25, 0.3) is 5.91 Å². The molecule has 0 radical (unpaired) electrons. The minimum atomic E-state index is -0.133. The van der Waals surface area contributed by atoms with Crippen molar-refractivity contribution in [2.75, 3.05) is 11.9 Å². The van der Waals surface area contributed by atoms with Crippen molar-refractivity contribution in [3.05, 3.63) is 100 Å². The zero-order valence-corrected chi connectivity index (χ0v) is 15.5. The molecule has 0 aliphatic carbocycles. The minimum Gasteiger partial charge on any atom is -0.328 e. The van der Waals surface area contributed by atoms with E-state index >= 15 is 0 Å². The molecular weight excluding hydrogens is 367 g/mol. The Morgan fingerprint density at radius 3 is 2.04 bits per heavy atom. The number of anilines is 1. The van der Waals surface area contributed by atoms with Gasteiger partial charge >= 0.3 is 0 Å². The van der Waals surface area contributed by atoms with Gasteiger partial charge in [0.05, 0.1) is 10.7 Å². The topological polar surface area (TPSA) is 45.7 Å². The number of amides is 1. The molecule has 0 atom stereocenters. The van der Waals surface area contributed by atoms with E-state index in [4.69, 9.17) is 23.2 Å². The van der Waals surface area contributed by atoms with Crippen molar-refractivity contribution in [3.63, 3.8) is 0 Å². The Balaban J connectivity index is 1.72. The second-order valence-electron chi connectivity index (χ2n) is 5.91. The molecule has 0 bridgehead atoms. The number of carbonyl (C=O) groups excluding carboxylic acids is 1. The van der Waals surface area contributed by atoms with Crippen LogP contribution in [0.15, 0.2) is 78.9 Å². The Labute approximate surface area is 163 Å². The van der Waals surface area contributed by atoms with Crippen LogP contribution in [-0.4, -0.2) is 12.5 Å². The van der Waals surface area contributed by atoms with Gasteiger partial charge < -0.3 is 10.6 Å². The highest BCUT2D eigenvalue weighted by Gasteiger charge is 2.19. The molecule has 1 amide bonds. The summed E-state index contributed by atoms with van der Waals surface area (Å²) < 4.78 is 0. The maximum atomic E-state index is 12.4. The lowest BCUT2D eigenvalue weighted by Gasteiger charge is -2.16. The number of nitrogens with two attached hydrogens (primary N) is 1. The van der Waals surface area contributed by atoms with Crippen molar-refractivity contribution in [2.45, 2.75) is 6.04 Å². The van der Waals surface area contributed by atoms with Gasteiger partial charge in [0.2, 0.25) is 0 Å².